The van der Waals surface area contributed by atoms with Crippen molar-refractivity contribution in [2.75, 3.05) is 11.6 Å². The number of amidine groups is 1. The van der Waals surface area contributed by atoms with Crippen LogP contribution in [0.3, 0.4) is 0 Å². The van der Waals surface area contributed by atoms with Crippen molar-refractivity contribution in [3.05, 3.63) is 23.4 Å². The number of hydrogen-bond acceptors (Lipinski definition) is 4. The third-order valence-electron chi connectivity index (χ3n) is 1.81. The van der Waals surface area contributed by atoms with Crippen LogP contribution in [-0.4, -0.2) is 17.4 Å². The quantitative estimate of drug-likeness (QED) is 0.735. The SMILES string of the molecule is NC1=NN(c2ncccc2Cl)CC1. The van der Waals surface area contributed by atoms with Gasteiger partial charge in [-0.15, -0.1) is 0 Å². The Morgan fingerprint density at radius 3 is 3.00 bits per heavy atom. The van der Waals surface area contributed by atoms with E-state index in [9.17, 15) is 0 Å². The van der Waals surface area contributed by atoms with E-state index in [1.165, 1.54) is 0 Å². The average molecular weight is 197 g/mol. The van der Waals surface area contributed by atoms with Gasteiger partial charge in [0.25, 0.3) is 0 Å². The zero-order valence-corrected chi connectivity index (χ0v) is 7.70. The van der Waals surface area contributed by atoms with Crippen molar-refractivity contribution in [1.29, 1.82) is 0 Å². The molecule has 1 aromatic heterocycles. The number of nitrogens with zero attached hydrogens (tertiary/aromatic N) is 3. The van der Waals surface area contributed by atoms with Crippen molar-refractivity contribution in [1.82, 2.24) is 4.98 Å². The highest BCUT2D eigenvalue weighted by Gasteiger charge is 2.16. The molecule has 4 nitrogen and oxygen atoms in total. The van der Waals surface area contributed by atoms with Crippen molar-refractivity contribution in [3.63, 3.8) is 0 Å². The maximum absolute atomic E-state index is 5.94. The van der Waals surface area contributed by atoms with E-state index in [1.807, 2.05) is 0 Å². The second kappa shape index (κ2) is 3.22. The topological polar surface area (TPSA) is 54.5 Å². The Hall–Kier alpha value is -1.29. The molecule has 0 unspecified atom stereocenters. The van der Waals surface area contributed by atoms with Crippen molar-refractivity contribution in [2.45, 2.75) is 6.42 Å². The molecule has 1 aromatic rings. The van der Waals surface area contributed by atoms with E-state index in [1.54, 1.807) is 23.3 Å². The summed E-state index contributed by atoms with van der Waals surface area (Å²) in [6.07, 6.45) is 2.46. The fourth-order valence-electron chi connectivity index (χ4n) is 1.20. The van der Waals surface area contributed by atoms with Crippen LogP contribution in [0.5, 0.6) is 0 Å². The molecule has 0 atom stereocenters. The van der Waals surface area contributed by atoms with E-state index < -0.39 is 0 Å². The standard InChI is InChI=1S/C8H9ClN4/c9-6-2-1-4-11-8(6)13-5-3-7(10)12-13/h1-2,4H,3,5H2,(H2,10,12). The van der Waals surface area contributed by atoms with E-state index in [0.29, 0.717) is 16.7 Å². The minimum Gasteiger partial charge on any atom is -0.386 e. The van der Waals surface area contributed by atoms with Crippen LogP contribution in [0, 0.1) is 0 Å². The van der Waals surface area contributed by atoms with Crippen LogP contribution in [-0.2, 0) is 0 Å². The molecule has 0 bridgehead atoms. The van der Waals surface area contributed by atoms with Gasteiger partial charge in [0, 0.05) is 12.6 Å². The van der Waals surface area contributed by atoms with Crippen molar-refractivity contribution < 1.29 is 0 Å². The molecule has 2 heterocycles. The zero-order valence-electron chi connectivity index (χ0n) is 6.94. The monoisotopic (exact) mass is 196 g/mol. The van der Waals surface area contributed by atoms with Crippen LogP contribution in [0.25, 0.3) is 0 Å². The summed E-state index contributed by atoms with van der Waals surface area (Å²) in [6.45, 7) is 0.753. The Balaban J connectivity index is 2.31. The fourth-order valence-corrected chi connectivity index (χ4v) is 1.42. The van der Waals surface area contributed by atoms with Gasteiger partial charge in [0.1, 0.15) is 5.84 Å². The molecule has 0 amide bonds. The molecule has 0 radical (unpaired) electrons. The number of aromatic nitrogens is 1. The van der Waals surface area contributed by atoms with E-state index >= 15 is 0 Å². The lowest BCUT2D eigenvalue weighted by Crippen LogP contribution is -2.13. The molecular weight excluding hydrogens is 188 g/mol. The second-order valence-electron chi connectivity index (χ2n) is 2.77. The Kier molecular flexibility index (Phi) is 2.06. The second-order valence-corrected chi connectivity index (χ2v) is 3.18. The van der Waals surface area contributed by atoms with Crippen molar-refractivity contribution >= 4 is 23.3 Å². The van der Waals surface area contributed by atoms with Crippen LogP contribution >= 0.6 is 11.6 Å². The predicted octanol–water partition coefficient (Wildman–Crippen LogP) is 1.22. The first-order valence-corrected chi connectivity index (χ1v) is 4.36. The van der Waals surface area contributed by atoms with Gasteiger partial charge in [-0.25, -0.2) is 9.99 Å². The van der Waals surface area contributed by atoms with Gasteiger partial charge in [-0.1, -0.05) is 11.6 Å². The lowest BCUT2D eigenvalue weighted by Gasteiger charge is -2.12. The summed E-state index contributed by atoms with van der Waals surface area (Å²) in [4.78, 5) is 4.13. The minimum atomic E-state index is 0.598. The van der Waals surface area contributed by atoms with Crippen molar-refractivity contribution in [3.8, 4) is 0 Å². The largest absolute Gasteiger partial charge is 0.386 e. The van der Waals surface area contributed by atoms with Gasteiger partial charge in [0.2, 0.25) is 0 Å². The smallest absolute Gasteiger partial charge is 0.167 e. The maximum atomic E-state index is 5.94. The van der Waals surface area contributed by atoms with E-state index in [4.69, 9.17) is 17.3 Å². The van der Waals surface area contributed by atoms with Gasteiger partial charge in [-0.2, -0.15) is 5.10 Å². The van der Waals surface area contributed by atoms with E-state index in [-0.39, 0.29) is 0 Å². The molecule has 13 heavy (non-hydrogen) atoms. The Bertz CT molecular complexity index is 350. The molecule has 1 aliphatic rings. The summed E-state index contributed by atoms with van der Waals surface area (Å²) in [6, 6.07) is 3.57. The molecule has 1 aliphatic heterocycles. The first kappa shape index (κ1) is 8.31. The molecule has 68 valence electrons. The lowest BCUT2D eigenvalue weighted by atomic mass is 10.4. The Morgan fingerprint density at radius 2 is 2.38 bits per heavy atom. The third kappa shape index (κ3) is 1.58. The molecule has 0 aliphatic carbocycles. The summed E-state index contributed by atoms with van der Waals surface area (Å²) < 4.78 is 0. The van der Waals surface area contributed by atoms with Crippen molar-refractivity contribution in [2.24, 2.45) is 10.8 Å². The van der Waals surface area contributed by atoms with Crippen LogP contribution in [0.2, 0.25) is 5.02 Å². The minimum absolute atomic E-state index is 0.598. The van der Waals surface area contributed by atoms with E-state index in [0.717, 1.165) is 13.0 Å². The van der Waals surface area contributed by atoms with Gasteiger partial charge < -0.3 is 5.73 Å². The molecule has 2 rings (SSSR count). The number of halogens is 1. The van der Waals surface area contributed by atoms with Gasteiger partial charge >= 0.3 is 0 Å². The summed E-state index contributed by atoms with van der Waals surface area (Å²) in [5.74, 6) is 1.30. The highest BCUT2D eigenvalue weighted by atomic mass is 35.5. The summed E-state index contributed by atoms with van der Waals surface area (Å²) in [5.41, 5.74) is 5.55. The number of hydrogen-bond donors (Lipinski definition) is 1. The Morgan fingerprint density at radius 1 is 1.54 bits per heavy atom. The normalized spacial score (nSPS) is 16.1. The highest BCUT2D eigenvalue weighted by Crippen LogP contribution is 2.24. The van der Waals surface area contributed by atoms with Gasteiger partial charge in [0.15, 0.2) is 5.82 Å². The van der Waals surface area contributed by atoms with Gasteiger partial charge in [-0.3, -0.25) is 0 Å². The predicted molar refractivity (Wildman–Crippen MR) is 52.8 cm³/mol. The fraction of sp³-hybridized carbons (Fsp3) is 0.250. The first-order valence-electron chi connectivity index (χ1n) is 3.98. The molecule has 0 saturated carbocycles. The Labute approximate surface area is 81.0 Å². The molecule has 0 saturated heterocycles. The molecule has 2 N–H and O–H groups in total. The zero-order chi connectivity index (χ0) is 9.26. The summed E-state index contributed by atoms with van der Waals surface area (Å²) in [5, 5.41) is 6.42. The maximum Gasteiger partial charge on any atom is 0.167 e. The molecule has 5 heteroatoms. The number of nitrogens with two attached hydrogens (primary N) is 1. The number of rotatable bonds is 1. The lowest BCUT2D eigenvalue weighted by molar-refractivity contribution is 0.896. The molecular formula is C8H9ClN4. The first-order chi connectivity index (χ1) is 6.27. The molecule has 0 spiro atoms. The third-order valence-corrected chi connectivity index (χ3v) is 2.11. The van der Waals surface area contributed by atoms with E-state index in [2.05, 4.69) is 10.1 Å². The van der Waals surface area contributed by atoms with Crippen LogP contribution in [0.1, 0.15) is 6.42 Å². The van der Waals surface area contributed by atoms with Crippen LogP contribution < -0.4 is 10.7 Å². The number of pyridine rings is 1. The summed E-state index contributed by atoms with van der Waals surface area (Å²) >= 11 is 5.94. The number of anilines is 1. The van der Waals surface area contributed by atoms with Crippen LogP contribution in [0.4, 0.5) is 5.82 Å². The molecule has 0 fully saturated rings. The highest BCUT2D eigenvalue weighted by molar-refractivity contribution is 6.32. The van der Waals surface area contributed by atoms with Gasteiger partial charge in [0.05, 0.1) is 11.6 Å². The van der Waals surface area contributed by atoms with Gasteiger partial charge in [-0.05, 0) is 12.1 Å². The summed E-state index contributed by atoms with van der Waals surface area (Å²) in [7, 11) is 0. The average Bonchev–Trinajstić information content (AvgIpc) is 2.53. The molecule has 0 aromatic carbocycles. The van der Waals surface area contributed by atoms with Crippen LogP contribution in [0.15, 0.2) is 23.4 Å². The number of hydrazone groups is 1.